The minimum absolute atomic E-state index is 0.419. The lowest BCUT2D eigenvalue weighted by molar-refractivity contribution is 0.364. The van der Waals surface area contributed by atoms with Gasteiger partial charge in [-0.3, -0.25) is 0 Å². The Hall–Kier alpha value is -1.57. The zero-order valence-electron chi connectivity index (χ0n) is 9.10. The van der Waals surface area contributed by atoms with Crippen molar-refractivity contribution in [1.29, 1.82) is 0 Å². The van der Waals surface area contributed by atoms with Crippen LogP contribution in [0.1, 0.15) is 31.9 Å². The molecule has 0 amide bonds. The van der Waals surface area contributed by atoms with E-state index in [1.165, 1.54) is 5.56 Å². The van der Waals surface area contributed by atoms with Crippen LogP contribution in [0.4, 0.5) is 0 Å². The molecule has 2 aromatic rings. The average molecular weight is 201 g/mol. The molecule has 0 radical (unpaired) electrons. The standard InChI is InChI=1S/C13H15NO/c1-3-10(2)13-12(9-14-15-13)11-7-5-4-6-8-11/h4-10H,3H2,1-2H3. The second kappa shape index (κ2) is 4.30. The number of hydrogen-bond donors (Lipinski definition) is 0. The number of benzene rings is 1. The van der Waals surface area contributed by atoms with E-state index in [1.54, 1.807) is 6.20 Å². The normalized spacial score (nSPS) is 12.7. The summed E-state index contributed by atoms with van der Waals surface area (Å²) in [7, 11) is 0. The van der Waals surface area contributed by atoms with Crippen LogP contribution in [0.15, 0.2) is 41.1 Å². The fourth-order valence-corrected chi connectivity index (χ4v) is 1.62. The third-order valence-corrected chi connectivity index (χ3v) is 2.74. The molecule has 0 saturated heterocycles. The van der Waals surface area contributed by atoms with Crippen molar-refractivity contribution < 1.29 is 4.52 Å². The zero-order valence-corrected chi connectivity index (χ0v) is 9.10. The van der Waals surface area contributed by atoms with E-state index in [9.17, 15) is 0 Å². The first-order valence-corrected chi connectivity index (χ1v) is 5.33. The Labute approximate surface area is 89.9 Å². The van der Waals surface area contributed by atoms with E-state index < -0.39 is 0 Å². The number of hydrogen-bond acceptors (Lipinski definition) is 2. The highest BCUT2D eigenvalue weighted by Gasteiger charge is 2.15. The first-order chi connectivity index (χ1) is 7.33. The summed E-state index contributed by atoms with van der Waals surface area (Å²) in [5, 5.41) is 3.89. The van der Waals surface area contributed by atoms with Gasteiger partial charge in [0.05, 0.1) is 6.20 Å². The molecule has 1 aromatic heterocycles. The zero-order chi connectivity index (χ0) is 10.7. The molecule has 0 fully saturated rings. The molecule has 0 N–H and O–H groups in total. The van der Waals surface area contributed by atoms with Crippen molar-refractivity contribution in [3.05, 3.63) is 42.3 Å². The van der Waals surface area contributed by atoms with Crippen molar-refractivity contribution in [1.82, 2.24) is 5.16 Å². The molecule has 1 unspecified atom stereocenters. The Morgan fingerprint density at radius 3 is 2.67 bits per heavy atom. The molecule has 0 bridgehead atoms. The molecule has 1 atom stereocenters. The van der Waals surface area contributed by atoms with E-state index >= 15 is 0 Å². The van der Waals surface area contributed by atoms with E-state index in [-0.39, 0.29) is 0 Å². The summed E-state index contributed by atoms with van der Waals surface area (Å²) in [4.78, 5) is 0. The Morgan fingerprint density at radius 2 is 2.00 bits per heavy atom. The van der Waals surface area contributed by atoms with Crippen molar-refractivity contribution in [2.24, 2.45) is 0 Å². The highest BCUT2D eigenvalue weighted by atomic mass is 16.5. The molecule has 0 spiro atoms. The minimum atomic E-state index is 0.419. The maximum absolute atomic E-state index is 5.32. The molecule has 78 valence electrons. The minimum Gasteiger partial charge on any atom is -0.360 e. The summed E-state index contributed by atoms with van der Waals surface area (Å²) in [5.74, 6) is 1.41. The number of rotatable bonds is 3. The molecule has 1 heterocycles. The van der Waals surface area contributed by atoms with Crippen LogP contribution >= 0.6 is 0 Å². The van der Waals surface area contributed by atoms with Crippen LogP contribution < -0.4 is 0 Å². The molecule has 2 nitrogen and oxygen atoms in total. The quantitative estimate of drug-likeness (QED) is 0.753. The second-order valence-electron chi connectivity index (χ2n) is 3.78. The SMILES string of the molecule is CCC(C)c1oncc1-c1ccccc1. The predicted octanol–water partition coefficient (Wildman–Crippen LogP) is 3.86. The smallest absolute Gasteiger partial charge is 0.147 e. The lowest BCUT2D eigenvalue weighted by Gasteiger charge is -2.06. The van der Waals surface area contributed by atoms with Crippen LogP contribution in [-0.4, -0.2) is 5.16 Å². The molecule has 0 aliphatic heterocycles. The summed E-state index contributed by atoms with van der Waals surface area (Å²) < 4.78 is 5.32. The summed E-state index contributed by atoms with van der Waals surface area (Å²) in [6.07, 6.45) is 2.87. The van der Waals surface area contributed by atoms with Gasteiger partial charge in [0.2, 0.25) is 0 Å². The van der Waals surface area contributed by atoms with E-state index in [4.69, 9.17) is 4.52 Å². The van der Waals surface area contributed by atoms with Gasteiger partial charge in [0, 0.05) is 11.5 Å². The monoisotopic (exact) mass is 201 g/mol. The summed E-state index contributed by atoms with van der Waals surface area (Å²) in [5.41, 5.74) is 2.29. The second-order valence-corrected chi connectivity index (χ2v) is 3.78. The van der Waals surface area contributed by atoms with Crippen molar-refractivity contribution >= 4 is 0 Å². The third kappa shape index (κ3) is 1.94. The maximum atomic E-state index is 5.32. The largest absolute Gasteiger partial charge is 0.360 e. The molecule has 1 aromatic carbocycles. The number of aromatic nitrogens is 1. The third-order valence-electron chi connectivity index (χ3n) is 2.74. The van der Waals surface area contributed by atoms with Gasteiger partial charge in [-0.1, -0.05) is 49.3 Å². The molecular weight excluding hydrogens is 186 g/mol. The summed E-state index contributed by atoms with van der Waals surface area (Å²) >= 11 is 0. The summed E-state index contributed by atoms with van der Waals surface area (Å²) in [6, 6.07) is 10.2. The van der Waals surface area contributed by atoms with E-state index in [0.717, 1.165) is 17.7 Å². The van der Waals surface area contributed by atoms with Gasteiger partial charge in [0.25, 0.3) is 0 Å². The molecule has 15 heavy (non-hydrogen) atoms. The molecule has 2 rings (SSSR count). The summed E-state index contributed by atoms with van der Waals surface area (Å²) in [6.45, 7) is 4.31. The molecule has 0 aliphatic carbocycles. The lowest BCUT2D eigenvalue weighted by Crippen LogP contribution is -1.91. The van der Waals surface area contributed by atoms with Crippen molar-refractivity contribution in [3.63, 3.8) is 0 Å². The van der Waals surface area contributed by atoms with Gasteiger partial charge < -0.3 is 4.52 Å². The van der Waals surface area contributed by atoms with Crippen LogP contribution in [0.5, 0.6) is 0 Å². The van der Waals surface area contributed by atoms with Crippen molar-refractivity contribution in [3.8, 4) is 11.1 Å². The van der Waals surface area contributed by atoms with E-state index in [0.29, 0.717) is 5.92 Å². The van der Waals surface area contributed by atoms with Crippen LogP contribution in [0.2, 0.25) is 0 Å². The average Bonchev–Trinajstić information content (AvgIpc) is 2.78. The van der Waals surface area contributed by atoms with Gasteiger partial charge in [-0.25, -0.2) is 0 Å². The van der Waals surface area contributed by atoms with E-state index in [1.807, 2.05) is 18.2 Å². The highest BCUT2D eigenvalue weighted by molar-refractivity contribution is 5.64. The predicted molar refractivity (Wildman–Crippen MR) is 60.6 cm³/mol. The van der Waals surface area contributed by atoms with E-state index in [2.05, 4.69) is 31.1 Å². The maximum Gasteiger partial charge on any atom is 0.147 e. The van der Waals surface area contributed by atoms with Gasteiger partial charge in [0.1, 0.15) is 5.76 Å². The Morgan fingerprint density at radius 1 is 1.27 bits per heavy atom. The van der Waals surface area contributed by atoms with Crippen LogP contribution in [0.3, 0.4) is 0 Å². The van der Waals surface area contributed by atoms with Crippen LogP contribution in [0, 0.1) is 0 Å². The van der Waals surface area contributed by atoms with Crippen molar-refractivity contribution in [2.75, 3.05) is 0 Å². The van der Waals surface area contributed by atoms with Gasteiger partial charge in [-0.2, -0.15) is 0 Å². The Bertz CT molecular complexity index is 419. The lowest BCUT2D eigenvalue weighted by atomic mass is 9.98. The number of nitrogens with zero attached hydrogens (tertiary/aromatic N) is 1. The Kier molecular flexibility index (Phi) is 2.86. The molecule has 2 heteroatoms. The van der Waals surface area contributed by atoms with Gasteiger partial charge >= 0.3 is 0 Å². The molecular formula is C13H15NO. The van der Waals surface area contributed by atoms with Crippen LogP contribution in [0.25, 0.3) is 11.1 Å². The highest BCUT2D eigenvalue weighted by Crippen LogP contribution is 2.30. The van der Waals surface area contributed by atoms with Crippen molar-refractivity contribution in [2.45, 2.75) is 26.2 Å². The van der Waals surface area contributed by atoms with Gasteiger partial charge in [-0.15, -0.1) is 0 Å². The first-order valence-electron chi connectivity index (χ1n) is 5.33. The van der Waals surface area contributed by atoms with Gasteiger partial charge in [-0.05, 0) is 12.0 Å². The Balaban J connectivity index is 2.41. The topological polar surface area (TPSA) is 26.0 Å². The van der Waals surface area contributed by atoms with Crippen LogP contribution in [-0.2, 0) is 0 Å². The first kappa shape index (κ1) is 9.97. The van der Waals surface area contributed by atoms with Gasteiger partial charge in [0.15, 0.2) is 0 Å². The fraction of sp³-hybridized carbons (Fsp3) is 0.308. The molecule has 0 saturated carbocycles. The molecule has 0 aliphatic rings. The fourth-order valence-electron chi connectivity index (χ4n) is 1.62.